The summed E-state index contributed by atoms with van der Waals surface area (Å²) in [5.74, 6) is -0.796. The molecule has 3 heterocycles. The molecule has 27 heavy (non-hydrogen) atoms. The van der Waals surface area contributed by atoms with E-state index in [-0.39, 0.29) is 29.2 Å². The van der Waals surface area contributed by atoms with E-state index in [0.717, 1.165) is 0 Å². The molecule has 0 unspecified atom stereocenters. The van der Waals surface area contributed by atoms with Crippen molar-refractivity contribution in [2.24, 2.45) is 5.73 Å². The van der Waals surface area contributed by atoms with Crippen molar-refractivity contribution in [3.63, 3.8) is 0 Å². The molecule has 0 radical (unpaired) electrons. The normalized spacial score (nSPS) is 11.2. The number of hydrogen-bond donors (Lipinski definition) is 1. The molecule has 0 saturated carbocycles. The summed E-state index contributed by atoms with van der Waals surface area (Å²) in [4.78, 5) is 33.6. The molecule has 4 rings (SSSR count). The first kappa shape index (κ1) is 16.7. The van der Waals surface area contributed by atoms with Gasteiger partial charge in [0.25, 0.3) is 5.91 Å². The van der Waals surface area contributed by atoms with Crippen LogP contribution in [0.4, 0.5) is 4.39 Å². The minimum absolute atomic E-state index is 0.0915. The molecule has 2 N–H and O–H groups in total. The molecular formula is C18H14FN5O3. The Labute approximate surface area is 151 Å². The first-order chi connectivity index (χ1) is 13.0. The third kappa shape index (κ3) is 2.60. The number of nitrogens with zero attached hydrogens (tertiary/aromatic N) is 4. The third-order valence-electron chi connectivity index (χ3n) is 4.15. The summed E-state index contributed by atoms with van der Waals surface area (Å²) in [5, 5.41) is 0. The Morgan fingerprint density at radius 1 is 1.22 bits per heavy atom. The van der Waals surface area contributed by atoms with Gasteiger partial charge >= 0.3 is 5.69 Å². The van der Waals surface area contributed by atoms with E-state index in [1.165, 1.54) is 39.7 Å². The number of hydrogen-bond acceptors (Lipinski definition) is 5. The van der Waals surface area contributed by atoms with E-state index in [4.69, 9.17) is 10.2 Å². The van der Waals surface area contributed by atoms with Crippen LogP contribution >= 0.6 is 0 Å². The van der Waals surface area contributed by atoms with Gasteiger partial charge < -0.3 is 10.2 Å². The number of aryl methyl sites for hydroxylation is 1. The van der Waals surface area contributed by atoms with Crippen molar-refractivity contribution in [2.45, 2.75) is 13.5 Å². The lowest BCUT2D eigenvalue weighted by Crippen LogP contribution is -2.23. The minimum atomic E-state index is -0.798. The van der Waals surface area contributed by atoms with Gasteiger partial charge in [-0.3, -0.25) is 9.36 Å². The number of nitrogens with two attached hydrogens (primary N) is 1. The maximum atomic E-state index is 13.3. The fourth-order valence-corrected chi connectivity index (χ4v) is 2.96. The Morgan fingerprint density at radius 3 is 2.56 bits per heavy atom. The van der Waals surface area contributed by atoms with Crippen molar-refractivity contribution < 1.29 is 13.6 Å². The number of carbonyl (C=O) groups excluding carboxylic acids is 1. The zero-order valence-corrected chi connectivity index (χ0v) is 14.2. The Morgan fingerprint density at radius 2 is 1.96 bits per heavy atom. The van der Waals surface area contributed by atoms with E-state index >= 15 is 0 Å². The second-order valence-electron chi connectivity index (χ2n) is 5.75. The van der Waals surface area contributed by atoms with Crippen LogP contribution in [0.1, 0.15) is 17.4 Å². The zero-order valence-electron chi connectivity index (χ0n) is 14.2. The Hall–Kier alpha value is -3.75. The molecule has 0 fully saturated rings. The number of aromatic nitrogens is 4. The number of fused-ring (bicyclic) bond motifs is 1. The van der Waals surface area contributed by atoms with Crippen LogP contribution in [0.2, 0.25) is 0 Å². The molecule has 8 nitrogen and oxygen atoms in total. The number of carbonyl (C=O) groups is 1. The van der Waals surface area contributed by atoms with Crippen LogP contribution in [0.15, 0.2) is 51.9 Å². The molecule has 0 aliphatic heterocycles. The van der Waals surface area contributed by atoms with Crippen molar-refractivity contribution in [1.29, 1.82) is 0 Å². The van der Waals surface area contributed by atoms with Gasteiger partial charge in [-0.25, -0.2) is 23.7 Å². The number of rotatable bonds is 4. The molecule has 1 aromatic carbocycles. The molecule has 0 saturated heterocycles. The van der Waals surface area contributed by atoms with Gasteiger partial charge in [0.1, 0.15) is 11.3 Å². The molecule has 9 heteroatoms. The van der Waals surface area contributed by atoms with Crippen LogP contribution < -0.4 is 11.4 Å². The van der Waals surface area contributed by atoms with Crippen LogP contribution in [0.25, 0.3) is 28.4 Å². The predicted octanol–water partition coefficient (Wildman–Crippen LogP) is 2.10. The summed E-state index contributed by atoms with van der Waals surface area (Å²) in [6.07, 6.45) is 1.44. The Kier molecular flexibility index (Phi) is 3.84. The summed E-state index contributed by atoms with van der Waals surface area (Å²) in [7, 11) is 0. The molecule has 0 spiro atoms. The number of halogens is 1. The van der Waals surface area contributed by atoms with E-state index in [2.05, 4.69) is 9.97 Å². The largest absolute Gasteiger partial charge is 0.461 e. The van der Waals surface area contributed by atoms with Crippen LogP contribution in [0.3, 0.4) is 0 Å². The molecule has 4 aromatic rings. The highest BCUT2D eigenvalue weighted by molar-refractivity contribution is 6.02. The highest BCUT2D eigenvalue weighted by Gasteiger charge is 2.24. The average Bonchev–Trinajstić information content (AvgIpc) is 3.27. The van der Waals surface area contributed by atoms with E-state index < -0.39 is 17.4 Å². The summed E-state index contributed by atoms with van der Waals surface area (Å²) in [5.41, 5.74) is 5.78. The quantitative estimate of drug-likeness (QED) is 0.594. The maximum Gasteiger partial charge on any atom is 0.335 e. The number of imidazole rings is 1. The monoisotopic (exact) mass is 367 g/mol. The van der Waals surface area contributed by atoms with Crippen LogP contribution in [-0.4, -0.2) is 25.0 Å². The van der Waals surface area contributed by atoms with Crippen LogP contribution in [0.5, 0.6) is 0 Å². The molecule has 0 aliphatic carbocycles. The first-order valence-electron chi connectivity index (χ1n) is 8.14. The smallest absolute Gasteiger partial charge is 0.335 e. The Bertz CT molecular complexity index is 1210. The van der Waals surface area contributed by atoms with E-state index in [9.17, 15) is 14.0 Å². The summed E-state index contributed by atoms with van der Waals surface area (Å²) in [6.45, 7) is 2.02. The number of benzene rings is 1. The summed E-state index contributed by atoms with van der Waals surface area (Å²) < 4.78 is 21.3. The van der Waals surface area contributed by atoms with Crippen molar-refractivity contribution in [3.8, 4) is 17.3 Å². The van der Waals surface area contributed by atoms with E-state index in [0.29, 0.717) is 11.4 Å². The van der Waals surface area contributed by atoms with Crippen molar-refractivity contribution in [1.82, 2.24) is 19.1 Å². The van der Waals surface area contributed by atoms with Gasteiger partial charge in [0.15, 0.2) is 22.9 Å². The van der Waals surface area contributed by atoms with Crippen LogP contribution in [-0.2, 0) is 6.54 Å². The van der Waals surface area contributed by atoms with Gasteiger partial charge in [-0.15, -0.1) is 0 Å². The highest BCUT2D eigenvalue weighted by Crippen LogP contribution is 2.23. The minimum Gasteiger partial charge on any atom is -0.461 e. The number of furan rings is 1. The summed E-state index contributed by atoms with van der Waals surface area (Å²) in [6, 6.07) is 8.66. The van der Waals surface area contributed by atoms with Gasteiger partial charge in [0.05, 0.1) is 12.0 Å². The molecule has 0 aliphatic rings. The van der Waals surface area contributed by atoms with Crippen molar-refractivity contribution >= 4 is 17.1 Å². The van der Waals surface area contributed by atoms with Gasteiger partial charge in [-0.05, 0) is 43.3 Å². The lowest BCUT2D eigenvalue weighted by Gasteiger charge is -2.05. The van der Waals surface area contributed by atoms with Gasteiger partial charge in [-0.1, -0.05) is 0 Å². The molecule has 136 valence electrons. The second kappa shape index (κ2) is 6.20. The fraction of sp³-hybridized carbons (Fsp3) is 0.111. The second-order valence-corrected chi connectivity index (χ2v) is 5.75. The lowest BCUT2D eigenvalue weighted by atomic mass is 10.3. The Balaban J connectivity index is 2.15. The topological polar surface area (TPSA) is 109 Å². The van der Waals surface area contributed by atoms with Gasteiger partial charge in [-0.2, -0.15) is 0 Å². The van der Waals surface area contributed by atoms with Crippen molar-refractivity contribution in [3.05, 3.63) is 64.7 Å². The third-order valence-corrected chi connectivity index (χ3v) is 4.15. The van der Waals surface area contributed by atoms with Gasteiger partial charge in [0, 0.05) is 6.54 Å². The van der Waals surface area contributed by atoms with Gasteiger partial charge in [0.2, 0.25) is 0 Å². The summed E-state index contributed by atoms with van der Waals surface area (Å²) >= 11 is 0. The zero-order chi connectivity index (χ0) is 19.1. The highest BCUT2D eigenvalue weighted by atomic mass is 19.1. The maximum absolute atomic E-state index is 13.3. The van der Waals surface area contributed by atoms with E-state index in [1.807, 2.05) is 0 Å². The molecular weight excluding hydrogens is 353 g/mol. The predicted molar refractivity (Wildman–Crippen MR) is 95.0 cm³/mol. The molecule has 0 bridgehead atoms. The molecule has 3 aromatic heterocycles. The van der Waals surface area contributed by atoms with Crippen molar-refractivity contribution in [2.75, 3.05) is 0 Å². The molecule has 0 atom stereocenters. The standard InChI is InChI=1S/C18H14FN5O3/c1-2-23-14-13(15(20)25)21-16(12-4-3-9-27-12)22-17(14)24(18(23)26)11-7-5-10(19)6-8-11/h3-9H,2H2,1H3,(H2,20,25). The fourth-order valence-electron chi connectivity index (χ4n) is 2.96. The van der Waals surface area contributed by atoms with E-state index in [1.54, 1.807) is 19.1 Å². The SMILES string of the molecule is CCn1c(=O)n(-c2ccc(F)cc2)c2nc(-c3ccco3)nc(C(N)=O)c21. The number of primary amides is 1. The van der Waals surface area contributed by atoms with Crippen LogP contribution in [0, 0.1) is 5.82 Å². The lowest BCUT2D eigenvalue weighted by molar-refractivity contribution is 0.0997. The number of amides is 1. The molecule has 1 amide bonds. The first-order valence-corrected chi connectivity index (χ1v) is 8.14. The average molecular weight is 367 g/mol.